The van der Waals surface area contributed by atoms with Gasteiger partial charge in [-0.05, 0) is 25.0 Å². The van der Waals surface area contributed by atoms with Crippen LogP contribution in [0.3, 0.4) is 0 Å². The molecular formula is C13H19FN2O2. The molecule has 18 heavy (non-hydrogen) atoms. The number of hydrogen-bond donors (Lipinski definition) is 1. The van der Waals surface area contributed by atoms with E-state index in [4.69, 9.17) is 0 Å². The third kappa shape index (κ3) is 3.98. The van der Waals surface area contributed by atoms with Crippen LogP contribution in [0.1, 0.15) is 39.5 Å². The Morgan fingerprint density at radius 3 is 2.72 bits per heavy atom. The monoisotopic (exact) mass is 254 g/mol. The molecular weight excluding hydrogens is 235 g/mol. The highest BCUT2D eigenvalue weighted by Gasteiger charge is 2.15. The fourth-order valence-electron chi connectivity index (χ4n) is 1.81. The Labute approximate surface area is 106 Å². The van der Waals surface area contributed by atoms with Gasteiger partial charge in [0.05, 0.1) is 4.92 Å². The van der Waals surface area contributed by atoms with Crippen molar-refractivity contribution >= 4 is 11.4 Å². The molecule has 0 heterocycles. The average Bonchev–Trinajstić information content (AvgIpc) is 2.36. The van der Waals surface area contributed by atoms with E-state index in [1.54, 1.807) is 0 Å². The second kappa shape index (κ2) is 6.93. The standard InChI is InChI=1S/C13H19FN2O2/c1-3-5-6-10(4-2)15-11-7-8-12(14)13(9-11)16(17)18/h7-10,15H,3-6H2,1-2H3. The van der Waals surface area contributed by atoms with E-state index in [9.17, 15) is 14.5 Å². The summed E-state index contributed by atoms with van der Waals surface area (Å²) in [6.45, 7) is 4.18. The number of nitro benzene ring substituents is 1. The van der Waals surface area contributed by atoms with Crippen molar-refractivity contribution < 1.29 is 9.31 Å². The number of hydrogen-bond acceptors (Lipinski definition) is 3. The zero-order chi connectivity index (χ0) is 13.5. The number of unbranched alkanes of at least 4 members (excludes halogenated alkanes) is 1. The van der Waals surface area contributed by atoms with Gasteiger partial charge in [-0.1, -0.05) is 26.7 Å². The summed E-state index contributed by atoms with van der Waals surface area (Å²) in [5.74, 6) is -0.799. The summed E-state index contributed by atoms with van der Waals surface area (Å²) in [6, 6.07) is 4.20. The number of nitro groups is 1. The van der Waals surface area contributed by atoms with Crippen molar-refractivity contribution in [3.8, 4) is 0 Å². The Morgan fingerprint density at radius 2 is 2.17 bits per heavy atom. The van der Waals surface area contributed by atoms with E-state index in [2.05, 4.69) is 19.2 Å². The molecule has 1 unspecified atom stereocenters. The third-order valence-corrected chi connectivity index (χ3v) is 2.91. The van der Waals surface area contributed by atoms with Crippen molar-refractivity contribution in [1.29, 1.82) is 0 Å². The van der Waals surface area contributed by atoms with Crippen LogP contribution in [0.25, 0.3) is 0 Å². The van der Waals surface area contributed by atoms with Gasteiger partial charge in [0.1, 0.15) is 0 Å². The fraction of sp³-hybridized carbons (Fsp3) is 0.538. The number of nitrogens with one attached hydrogen (secondary N) is 1. The second-order valence-electron chi connectivity index (χ2n) is 4.32. The van der Waals surface area contributed by atoms with Crippen molar-refractivity contribution in [3.05, 3.63) is 34.1 Å². The van der Waals surface area contributed by atoms with Crippen molar-refractivity contribution in [2.45, 2.75) is 45.6 Å². The summed E-state index contributed by atoms with van der Waals surface area (Å²) in [5.41, 5.74) is 0.122. The molecule has 100 valence electrons. The maximum Gasteiger partial charge on any atom is 0.306 e. The summed E-state index contributed by atoms with van der Waals surface area (Å²) in [4.78, 5) is 9.94. The average molecular weight is 254 g/mol. The molecule has 0 fully saturated rings. The van der Waals surface area contributed by atoms with Gasteiger partial charge >= 0.3 is 5.69 Å². The Bertz CT molecular complexity index is 410. The van der Waals surface area contributed by atoms with E-state index in [-0.39, 0.29) is 6.04 Å². The van der Waals surface area contributed by atoms with E-state index in [0.717, 1.165) is 31.7 Å². The highest BCUT2D eigenvalue weighted by Crippen LogP contribution is 2.23. The Morgan fingerprint density at radius 1 is 1.44 bits per heavy atom. The first-order valence-electron chi connectivity index (χ1n) is 6.29. The summed E-state index contributed by atoms with van der Waals surface area (Å²) < 4.78 is 13.2. The van der Waals surface area contributed by atoms with Crippen LogP contribution < -0.4 is 5.32 Å². The molecule has 1 rings (SSSR count). The molecule has 0 saturated carbocycles. The first-order valence-corrected chi connectivity index (χ1v) is 6.29. The normalized spacial score (nSPS) is 12.2. The van der Waals surface area contributed by atoms with Gasteiger partial charge < -0.3 is 5.32 Å². The van der Waals surface area contributed by atoms with Crippen LogP contribution in [-0.4, -0.2) is 11.0 Å². The lowest BCUT2D eigenvalue weighted by Crippen LogP contribution is -2.18. The van der Waals surface area contributed by atoms with Crippen molar-refractivity contribution in [2.75, 3.05) is 5.32 Å². The zero-order valence-corrected chi connectivity index (χ0v) is 10.8. The zero-order valence-electron chi connectivity index (χ0n) is 10.8. The molecule has 0 bridgehead atoms. The lowest BCUT2D eigenvalue weighted by molar-refractivity contribution is -0.387. The van der Waals surface area contributed by atoms with Crippen LogP contribution in [0.15, 0.2) is 18.2 Å². The molecule has 0 saturated heterocycles. The SMILES string of the molecule is CCCCC(CC)Nc1ccc(F)c([N+](=O)[O-])c1. The van der Waals surface area contributed by atoms with Gasteiger partial charge in [0.25, 0.3) is 0 Å². The molecule has 0 aromatic heterocycles. The van der Waals surface area contributed by atoms with Gasteiger partial charge in [0.15, 0.2) is 0 Å². The summed E-state index contributed by atoms with van der Waals surface area (Å²) in [7, 11) is 0. The van der Waals surface area contributed by atoms with E-state index in [1.165, 1.54) is 12.1 Å². The lowest BCUT2D eigenvalue weighted by atomic mass is 10.1. The molecule has 0 amide bonds. The predicted molar refractivity (Wildman–Crippen MR) is 70.3 cm³/mol. The molecule has 4 nitrogen and oxygen atoms in total. The van der Waals surface area contributed by atoms with Crippen LogP contribution in [0.4, 0.5) is 15.8 Å². The minimum atomic E-state index is -0.799. The highest BCUT2D eigenvalue weighted by atomic mass is 19.1. The van der Waals surface area contributed by atoms with Crippen LogP contribution >= 0.6 is 0 Å². The molecule has 0 aliphatic rings. The molecule has 0 spiro atoms. The smallest absolute Gasteiger partial charge is 0.306 e. The van der Waals surface area contributed by atoms with E-state index < -0.39 is 16.4 Å². The molecule has 1 N–H and O–H groups in total. The van der Waals surface area contributed by atoms with Crippen LogP contribution in [0.5, 0.6) is 0 Å². The van der Waals surface area contributed by atoms with Gasteiger partial charge in [-0.2, -0.15) is 4.39 Å². The molecule has 0 radical (unpaired) electrons. The Balaban J connectivity index is 2.77. The van der Waals surface area contributed by atoms with E-state index in [1.807, 2.05) is 0 Å². The fourth-order valence-corrected chi connectivity index (χ4v) is 1.81. The molecule has 1 atom stereocenters. The summed E-state index contributed by atoms with van der Waals surface area (Å²) >= 11 is 0. The number of nitrogens with zero attached hydrogens (tertiary/aromatic N) is 1. The van der Waals surface area contributed by atoms with Gasteiger partial charge in [-0.3, -0.25) is 10.1 Å². The lowest BCUT2D eigenvalue weighted by Gasteiger charge is -2.17. The third-order valence-electron chi connectivity index (χ3n) is 2.91. The topological polar surface area (TPSA) is 55.2 Å². The Hall–Kier alpha value is -1.65. The molecule has 0 aliphatic carbocycles. The van der Waals surface area contributed by atoms with Gasteiger partial charge in [-0.25, -0.2) is 0 Å². The number of halogens is 1. The quantitative estimate of drug-likeness (QED) is 0.588. The van der Waals surface area contributed by atoms with E-state index >= 15 is 0 Å². The summed E-state index contributed by atoms with van der Waals surface area (Å²) in [6.07, 6.45) is 4.17. The van der Waals surface area contributed by atoms with E-state index in [0.29, 0.717) is 5.69 Å². The van der Waals surface area contributed by atoms with Gasteiger partial charge in [-0.15, -0.1) is 0 Å². The van der Waals surface area contributed by atoms with Gasteiger partial charge in [0, 0.05) is 17.8 Å². The number of anilines is 1. The van der Waals surface area contributed by atoms with Gasteiger partial charge in [0.2, 0.25) is 5.82 Å². The molecule has 0 aliphatic heterocycles. The number of benzene rings is 1. The maximum absolute atomic E-state index is 13.2. The number of rotatable bonds is 7. The Kier molecular flexibility index (Phi) is 5.55. The van der Waals surface area contributed by atoms with Crippen molar-refractivity contribution in [2.24, 2.45) is 0 Å². The first kappa shape index (κ1) is 14.4. The van der Waals surface area contributed by atoms with Crippen molar-refractivity contribution in [1.82, 2.24) is 0 Å². The minimum Gasteiger partial charge on any atom is -0.382 e. The van der Waals surface area contributed by atoms with Crippen molar-refractivity contribution in [3.63, 3.8) is 0 Å². The largest absolute Gasteiger partial charge is 0.382 e. The minimum absolute atomic E-state index is 0.273. The maximum atomic E-state index is 13.2. The first-order chi connectivity index (χ1) is 8.58. The van der Waals surface area contributed by atoms with Crippen LogP contribution in [0, 0.1) is 15.9 Å². The highest BCUT2D eigenvalue weighted by molar-refractivity contribution is 5.52. The molecule has 1 aromatic rings. The van der Waals surface area contributed by atoms with Crippen LogP contribution in [-0.2, 0) is 0 Å². The van der Waals surface area contributed by atoms with Crippen LogP contribution in [0.2, 0.25) is 0 Å². The molecule has 1 aromatic carbocycles. The second-order valence-corrected chi connectivity index (χ2v) is 4.32. The molecule has 5 heteroatoms. The predicted octanol–water partition coefficient (Wildman–Crippen LogP) is 4.11. The summed E-state index contributed by atoms with van der Waals surface area (Å²) in [5, 5.41) is 13.9.